The maximum Gasteiger partial charge on any atom is 0.361 e. The monoisotopic (exact) mass is 665 g/mol. The van der Waals surface area contributed by atoms with Crippen LogP contribution in [0.1, 0.15) is 50.7 Å². The van der Waals surface area contributed by atoms with E-state index in [9.17, 15) is 5.11 Å². The molecule has 248 valence electrons. The van der Waals surface area contributed by atoms with Crippen LogP contribution in [0.15, 0.2) is 138 Å². The number of phenols is 1. The van der Waals surface area contributed by atoms with Gasteiger partial charge in [-0.05, 0) is 106 Å². The third-order valence-electron chi connectivity index (χ3n) is 9.95. The number of hydrogen-bond donors (Lipinski definition) is 1. The molecule has 5 heterocycles. The second-order valence-corrected chi connectivity index (χ2v) is 13.9. The molecule has 0 fully saturated rings. The van der Waals surface area contributed by atoms with Gasteiger partial charge in [0.15, 0.2) is 11.7 Å². The Morgan fingerprint density at radius 2 is 1.51 bits per heavy atom. The number of aliphatic imine (C=N–C) groups is 1. The van der Waals surface area contributed by atoms with Crippen molar-refractivity contribution < 1.29 is 9.84 Å². The summed E-state index contributed by atoms with van der Waals surface area (Å²) in [6.07, 6.45) is 7.80. The van der Waals surface area contributed by atoms with Gasteiger partial charge in [0, 0.05) is 6.20 Å². The number of imidazole rings is 1. The van der Waals surface area contributed by atoms with Crippen molar-refractivity contribution in [3.63, 3.8) is 0 Å². The number of aromatic nitrogens is 3. The Labute approximate surface area is 298 Å². The average Bonchev–Trinajstić information content (AvgIpc) is 3.53. The third kappa shape index (κ3) is 5.01. The summed E-state index contributed by atoms with van der Waals surface area (Å²) in [7, 11) is 0. The molecular formula is C43H36BN5O2. The molecule has 9 rings (SSSR count). The van der Waals surface area contributed by atoms with E-state index in [-0.39, 0.29) is 24.4 Å². The first kappa shape index (κ1) is 30.9. The Morgan fingerprint density at radius 3 is 2.24 bits per heavy atom. The molecule has 3 aliphatic rings. The lowest BCUT2D eigenvalue weighted by Gasteiger charge is -2.40. The first-order chi connectivity index (χ1) is 24.9. The molecule has 0 spiro atoms. The highest BCUT2D eigenvalue weighted by molar-refractivity contribution is 6.87. The van der Waals surface area contributed by atoms with Crippen LogP contribution in [0.5, 0.6) is 11.5 Å². The third-order valence-corrected chi connectivity index (χ3v) is 9.95. The molecule has 6 aromatic rings. The zero-order valence-corrected chi connectivity index (χ0v) is 28.9. The van der Waals surface area contributed by atoms with Gasteiger partial charge in [0.2, 0.25) is 0 Å². The topological polar surface area (TPSA) is 75.8 Å². The fourth-order valence-electron chi connectivity index (χ4n) is 7.49. The Bertz CT molecular complexity index is 2400. The summed E-state index contributed by atoms with van der Waals surface area (Å²) in [6, 6.07) is 34.8. The quantitative estimate of drug-likeness (QED) is 0.181. The Kier molecular flexibility index (Phi) is 7.28. The van der Waals surface area contributed by atoms with Crippen molar-refractivity contribution in [2.75, 3.05) is 0 Å². The number of fused-ring (bicyclic) bond motifs is 4. The van der Waals surface area contributed by atoms with Crippen LogP contribution in [0.2, 0.25) is 0 Å². The number of nitrogens with zero attached hydrogens (tertiary/aromatic N) is 5. The Balaban J connectivity index is 1.37. The maximum atomic E-state index is 11.4. The summed E-state index contributed by atoms with van der Waals surface area (Å²) in [5.41, 5.74) is 10.0. The smallest absolute Gasteiger partial charge is 0.361 e. The minimum Gasteiger partial charge on any atom is -0.507 e. The minimum absolute atomic E-state index is 0.162. The molecule has 51 heavy (non-hydrogen) atoms. The maximum absolute atomic E-state index is 11.4. The van der Waals surface area contributed by atoms with Crippen LogP contribution >= 0.6 is 0 Å². The summed E-state index contributed by atoms with van der Waals surface area (Å²) >= 11 is 0. The molecule has 0 aliphatic carbocycles. The number of benzene rings is 4. The normalized spacial score (nSPS) is 14.2. The first-order valence-electron chi connectivity index (χ1n) is 17.5. The van der Waals surface area contributed by atoms with Crippen LogP contribution in [-0.4, -0.2) is 37.1 Å². The van der Waals surface area contributed by atoms with Gasteiger partial charge >= 0.3 is 6.85 Å². The Hall–Kier alpha value is -6.15. The van der Waals surface area contributed by atoms with Crippen molar-refractivity contribution in [1.29, 1.82) is 0 Å². The molecule has 0 radical (unpaired) electrons. The van der Waals surface area contributed by atoms with Gasteiger partial charge in [-0.25, -0.2) is 9.98 Å². The number of aromatic hydroxyl groups is 1. The van der Waals surface area contributed by atoms with E-state index >= 15 is 0 Å². The number of allylic oxidation sites excluding steroid dienone is 2. The van der Waals surface area contributed by atoms with E-state index in [2.05, 4.69) is 96.7 Å². The van der Waals surface area contributed by atoms with E-state index in [1.54, 1.807) is 6.07 Å². The minimum atomic E-state index is -0.337. The molecule has 4 aromatic carbocycles. The summed E-state index contributed by atoms with van der Waals surface area (Å²) < 4.78 is 8.73. The van der Waals surface area contributed by atoms with Gasteiger partial charge in [-0.1, -0.05) is 88.4 Å². The largest absolute Gasteiger partial charge is 0.507 e. The van der Waals surface area contributed by atoms with E-state index in [0.29, 0.717) is 17.3 Å². The second-order valence-electron chi connectivity index (χ2n) is 13.9. The second kappa shape index (κ2) is 12.0. The molecule has 2 aromatic heterocycles. The number of hydrogen-bond acceptors (Lipinski definition) is 6. The van der Waals surface area contributed by atoms with Gasteiger partial charge in [0.05, 0.1) is 22.5 Å². The standard InChI is InChI=1S/C43H36BN5O2/c1-26(2)32-23-30(28-13-6-5-7-14-28)24-33(27(3)4)40(32)48-42(31-15-8-9-17-36(31)50)47-41-43(48)46-38-18-12-19-39-49(38)44(41)34-25-29(20-21-37(34)51-39)35-16-10-11-22-45-35/h5-27,50H,1-4H3. The molecule has 1 N–H and O–H groups in total. The summed E-state index contributed by atoms with van der Waals surface area (Å²) in [5.74, 6) is 4.13. The highest BCUT2D eigenvalue weighted by Gasteiger charge is 2.47. The summed E-state index contributed by atoms with van der Waals surface area (Å²) in [4.78, 5) is 17.6. The van der Waals surface area contributed by atoms with Crippen molar-refractivity contribution in [3.8, 4) is 51.0 Å². The zero-order chi connectivity index (χ0) is 34.8. The molecule has 8 heteroatoms. The fraction of sp³-hybridized carbons (Fsp3) is 0.140. The van der Waals surface area contributed by atoms with E-state index in [1.165, 1.54) is 22.3 Å². The lowest BCUT2D eigenvalue weighted by molar-refractivity contribution is 0.345. The average molecular weight is 666 g/mol. The number of ether oxygens (including phenoxy) is 1. The summed E-state index contributed by atoms with van der Waals surface area (Å²) in [6.45, 7) is 8.62. The molecule has 7 nitrogen and oxygen atoms in total. The van der Waals surface area contributed by atoms with Crippen LogP contribution in [0.4, 0.5) is 5.82 Å². The lowest BCUT2D eigenvalue weighted by Crippen LogP contribution is -2.63. The highest BCUT2D eigenvalue weighted by Crippen LogP contribution is 2.43. The number of phenolic OH excluding ortho intramolecular Hbond substituents is 1. The molecule has 0 atom stereocenters. The lowest BCUT2D eigenvalue weighted by atomic mass is 9.49. The van der Waals surface area contributed by atoms with Crippen molar-refractivity contribution >= 4 is 29.6 Å². The number of para-hydroxylation sites is 1. The fourth-order valence-corrected chi connectivity index (χ4v) is 7.49. The van der Waals surface area contributed by atoms with Crippen molar-refractivity contribution in [2.24, 2.45) is 4.99 Å². The molecule has 0 amide bonds. The highest BCUT2D eigenvalue weighted by atomic mass is 16.5. The zero-order valence-electron chi connectivity index (χ0n) is 28.9. The molecule has 0 bridgehead atoms. The van der Waals surface area contributed by atoms with Gasteiger partial charge in [0.1, 0.15) is 23.2 Å². The van der Waals surface area contributed by atoms with Crippen LogP contribution in [0.3, 0.4) is 0 Å². The Morgan fingerprint density at radius 1 is 0.765 bits per heavy atom. The van der Waals surface area contributed by atoms with Gasteiger partial charge in [-0.3, -0.25) is 9.55 Å². The van der Waals surface area contributed by atoms with Gasteiger partial charge in [-0.15, -0.1) is 0 Å². The van der Waals surface area contributed by atoms with Crippen LogP contribution in [-0.2, 0) is 0 Å². The van der Waals surface area contributed by atoms with Crippen molar-refractivity contribution in [3.05, 3.63) is 145 Å². The van der Waals surface area contributed by atoms with Crippen molar-refractivity contribution in [2.45, 2.75) is 39.5 Å². The van der Waals surface area contributed by atoms with Crippen molar-refractivity contribution in [1.82, 2.24) is 19.3 Å². The van der Waals surface area contributed by atoms with Crippen LogP contribution in [0, 0.1) is 0 Å². The molecule has 3 aliphatic heterocycles. The molecule has 0 saturated heterocycles. The van der Waals surface area contributed by atoms with E-state index in [4.69, 9.17) is 14.7 Å². The molecular weight excluding hydrogens is 629 g/mol. The summed E-state index contributed by atoms with van der Waals surface area (Å²) in [5, 5.41) is 11.4. The SMILES string of the molecule is CC(C)c1cc(-c2ccccc2)cc(C(C)C)c1-n1c(-c2ccccc2O)nc2c1N=C1C=CC=C3Oc4ccc(-c5ccccn5)cc4B2N31. The van der Waals surface area contributed by atoms with Gasteiger partial charge in [0.25, 0.3) is 0 Å². The van der Waals surface area contributed by atoms with E-state index < -0.39 is 0 Å². The predicted octanol–water partition coefficient (Wildman–Crippen LogP) is 8.48. The molecule has 0 saturated carbocycles. The van der Waals surface area contributed by atoms with Crippen LogP contribution in [0.25, 0.3) is 39.5 Å². The number of rotatable bonds is 6. The van der Waals surface area contributed by atoms with Gasteiger partial charge < -0.3 is 14.7 Å². The number of amidine groups is 1. The first-order valence-corrected chi connectivity index (χ1v) is 17.5. The van der Waals surface area contributed by atoms with E-state index in [1.807, 2.05) is 66.9 Å². The van der Waals surface area contributed by atoms with E-state index in [0.717, 1.165) is 45.4 Å². The predicted molar refractivity (Wildman–Crippen MR) is 206 cm³/mol. The number of pyridine rings is 1. The van der Waals surface area contributed by atoms with Crippen LogP contribution < -0.4 is 15.8 Å². The molecule has 0 unspecified atom stereocenters. The van der Waals surface area contributed by atoms with Gasteiger partial charge in [-0.2, -0.15) is 0 Å².